The molecule has 0 radical (unpaired) electrons. The summed E-state index contributed by atoms with van der Waals surface area (Å²) in [5.41, 5.74) is 1.89. The number of ether oxygens (including phenoxy) is 1. The molecule has 0 unspecified atom stereocenters. The summed E-state index contributed by atoms with van der Waals surface area (Å²) in [5.74, 6) is 0.974. The maximum Gasteiger partial charge on any atom is 0.407 e. The minimum Gasteiger partial charge on any atom is -0.508 e. The van der Waals surface area contributed by atoms with Crippen LogP contribution >= 0.6 is 0 Å². The summed E-state index contributed by atoms with van der Waals surface area (Å²) in [5, 5.41) is 21.4. The third-order valence-electron chi connectivity index (χ3n) is 6.02. The van der Waals surface area contributed by atoms with Gasteiger partial charge in [0.2, 0.25) is 0 Å². The molecule has 8 heteroatoms. The Kier molecular flexibility index (Phi) is 6.26. The van der Waals surface area contributed by atoms with Crippen LogP contribution in [0.5, 0.6) is 5.75 Å². The lowest BCUT2D eigenvalue weighted by Gasteiger charge is -2.23. The lowest BCUT2D eigenvalue weighted by Crippen LogP contribution is -2.31. The van der Waals surface area contributed by atoms with E-state index in [4.69, 9.17) is 4.74 Å². The molecule has 1 fully saturated rings. The largest absolute Gasteiger partial charge is 0.508 e. The maximum absolute atomic E-state index is 11.8. The van der Waals surface area contributed by atoms with E-state index in [1.165, 1.54) is 4.90 Å². The molecule has 2 N–H and O–H groups in total. The number of phenolic OH excluding ortho intramolecular Hbond substituents is 1. The van der Waals surface area contributed by atoms with Gasteiger partial charge in [0.15, 0.2) is 0 Å². The highest BCUT2D eigenvalue weighted by molar-refractivity contribution is 6.76. The van der Waals surface area contributed by atoms with Crippen molar-refractivity contribution in [1.82, 2.24) is 14.5 Å². The van der Waals surface area contributed by atoms with E-state index in [9.17, 15) is 15.0 Å². The van der Waals surface area contributed by atoms with Gasteiger partial charge in [-0.1, -0.05) is 37.8 Å². The number of hydrogen-bond donors (Lipinski definition) is 2. The lowest BCUT2D eigenvalue weighted by molar-refractivity contribution is 0.0815. The average Bonchev–Trinajstić information content (AvgIpc) is 3.37. The highest BCUT2D eigenvalue weighted by atomic mass is 28.3. The first-order chi connectivity index (χ1) is 15.2. The summed E-state index contributed by atoms with van der Waals surface area (Å²) in [7, 11) is -1.21. The molecular weight excluding hydrogens is 422 g/mol. The summed E-state index contributed by atoms with van der Waals surface area (Å²) < 4.78 is 8.10. The van der Waals surface area contributed by atoms with Crippen LogP contribution < -0.4 is 0 Å². The molecule has 170 valence electrons. The molecule has 1 aliphatic rings. The number of aromatic hydroxyl groups is 1. The van der Waals surface area contributed by atoms with Crippen LogP contribution in [0.3, 0.4) is 0 Å². The molecule has 1 aromatic heterocycles. The maximum atomic E-state index is 11.8. The van der Waals surface area contributed by atoms with Gasteiger partial charge in [0, 0.05) is 26.8 Å². The van der Waals surface area contributed by atoms with Crippen LogP contribution in [0.4, 0.5) is 4.79 Å². The monoisotopic (exact) mass is 453 g/mol. The molecule has 1 saturated heterocycles. The molecule has 3 aromatic rings. The van der Waals surface area contributed by atoms with Gasteiger partial charge in [-0.2, -0.15) is 0 Å². The van der Waals surface area contributed by atoms with E-state index in [0.29, 0.717) is 19.9 Å². The molecular formula is C24H31N3O4Si. The Balaban J connectivity index is 1.69. The van der Waals surface area contributed by atoms with Gasteiger partial charge in [0.25, 0.3) is 0 Å². The van der Waals surface area contributed by atoms with Gasteiger partial charge in [-0.05, 0) is 47.9 Å². The van der Waals surface area contributed by atoms with Crippen LogP contribution in [0.15, 0.2) is 42.6 Å². The molecule has 2 aromatic carbocycles. The van der Waals surface area contributed by atoms with Gasteiger partial charge in [-0.25, -0.2) is 9.78 Å². The summed E-state index contributed by atoms with van der Waals surface area (Å²) in [6.45, 7) is 8.50. The number of phenols is 1. The standard InChI is InChI=1S/C24H31N3O4Si/c1-32(2,3)12-11-31-16-27-22(15-25-23(27)21-5-4-10-26(21)24(29)30)19-7-6-18-14-20(28)9-8-17(18)13-19/h6-9,13-15,21,28H,4-5,10-12,16H2,1-3H3,(H,29,30)/t21-/m0/s1. The minimum atomic E-state index is -1.21. The molecule has 1 amide bonds. The predicted octanol–water partition coefficient (Wildman–Crippen LogP) is 5.54. The number of carbonyl (C=O) groups is 1. The molecule has 2 heterocycles. The second-order valence-corrected chi connectivity index (χ2v) is 15.3. The van der Waals surface area contributed by atoms with Crippen molar-refractivity contribution in [3.63, 3.8) is 0 Å². The van der Waals surface area contributed by atoms with Crippen LogP contribution in [0.1, 0.15) is 24.7 Å². The number of imidazole rings is 1. The Morgan fingerprint density at radius 1 is 1.19 bits per heavy atom. The van der Waals surface area contributed by atoms with Gasteiger partial charge in [0.1, 0.15) is 18.3 Å². The zero-order valence-corrected chi connectivity index (χ0v) is 19.9. The number of hydrogen-bond acceptors (Lipinski definition) is 4. The summed E-state index contributed by atoms with van der Waals surface area (Å²) in [4.78, 5) is 17.9. The van der Waals surface area contributed by atoms with Gasteiger partial charge >= 0.3 is 6.09 Å². The normalized spacial score (nSPS) is 16.7. The van der Waals surface area contributed by atoms with Crippen molar-refractivity contribution in [3.8, 4) is 17.0 Å². The van der Waals surface area contributed by atoms with E-state index < -0.39 is 14.2 Å². The number of rotatable bonds is 7. The topological polar surface area (TPSA) is 87.8 Å². The number of nitrogens with zero attached hydrogens (tertiary/aromatic N) is 3. The lowest BCUT2D eigenvalue weighted by atomic mass is 10.0. The van der Waals surface area contributed by atoms with Crippen LogP contribution in [-0.4, -0.2) is 52.0 Å². The molecule has 0 saturated carbocycles. The van der Waals surface area contributed by atoms with Crippen LogP contribution in [0.2, 0.25) is 25.7 Å². The fraction of sp³-hybridized carbons (Fsp3) is 0.417. The summed E-state index contributed by atoms with van der Waals surface area (Å²) in [6, 6.07) is 12.2. The van der Waals surface area contributed by atoms with Gasteiger partial charge in [0.05, 0.1) is 17.9 Å². The molecule has 32 heavy (non-hydrogen) atoms. The third-order valence-corrected chi connectivity index (χ3v) is 7.72. The highest BCUT2D eigenvalue weighted by Crippen LogP contribution is 2.35. The van der Waals surface area contributed by atoms with Crippen molar-refractivity contribution in [2.24, 2.45) is 0 Å². The van der Waals surface area contributed by atoms with Crippen LogP contribution in [0.25, 0.3) is 22.0 Å². The average molecular weight is 454 g/mol. The van der Waals surface area contributed by atoms with Gasteiger partial charge < -0.3 is 19.5 Å². The van der Waals surface area contributed by atoms with E-state index in [1.54, 1.807) is 12.1 Å². The molecule has 4 rings (SSSR count). The molecule has 7 nitrogen and oxygen atoms in total. The van der Waals surface area contributed by atoms with Gasteiger partial charge in [-0.3, -0.25) is 4.90 Å². The van der Waals surface area contributed by atoms with Crippen molar-refractivity contribution in [3.05, 3.63) is 48.4 Å². The van der Waals surface area contributed by atoms with E-state index >= 15 is 0 Å². The number of amides is 1. The smallest absolute Gasteiger partial charge is 0.407 e. The van der Waals surface area contributed by atoms with Crippen molar-refractivity contribution in [1.29, 1.82) is 0 Å². The Morgan fingerprint density at radius 3 is 2.69 bits per heavy atom. The van der Waals surface area contributed by atoms with E-state index in [2.05, 4.69) is 30.7 Å². The first kappa shape index (κ1) is 22.4. The predicted molar refractivity (Wildman–Crippen MR) is 128 cm³/mol. The fourth-order valence-electron chi connectivity index (χ4n) is 4.21. The number of likely N-dealkylation sites (tertiary alicyclic amines) is 1. The zero-order chi connectivity index (χ0) is 22.9. The quantitative estimate of drug-likeness (QED) is 0.362. The van der Waals surface area contributed by atoms with Crippen molar-refractivity contribution in [2.75, 3.05) is 13.2 Å². The minimum absolute atomic E-state index is 0.239. The number of benzene rings is 2. The van der Waals surface area contributed by atoms with Crippen molar-refractivity contribution in [2.45, 2.75) is 51.3 Å². The highest BCUT2D eigenvalue weighted by Gasteiger charge is 2.33. The molecule has 1 atom stereocenters. The number of fused-ring (bicyclic) bond motifs is 1. The summed E-state index contributed by atoms with van der Waals surface area (Å²) >= 11 is 0. The van der Waals surface area contributed by atoms with Crippen molar-refractivity contribution < 1.29 is 19.7 Å². The SMILES string of the molecule is C[Si](C)(C)CCOCn1c(-c2ccc3cc(O)ccc3c2)cnc1[C@@H]1CCCN1C(=O)O. The van der Waals surface area contributed by atoms with Crippen LogP contribution in [0, 0.1) is 0 Å². The molecule has 1 aliphatic heterocycles. The molecule has 0 aliphatic carbocycles. The second kappa shape index (κ2) is 8.95. The van der Waals surface area contributed by atoms with E-state index in [0.717, 1.165) is 46.7 Å². The Morgan fingerprint density at radius 2 is 1.94 bits per heavy atom. The number of aromatic nitrogens is 2. The second-order valence-electron chi connectivity index (χ2n) is 9.66. The number of carboxylic acid groups (broad SMARTS) is 1. The Labute approximate surface area is 189 Å². The molecule has 0 spiro atoms. The fourth-order valence-corrected chi connectivity index (χ4v) is 4.97. The van der Waals surface area contributed by atoms with Crippen molar-refractivity contribution >= 4 is 24.9 Å². The first-order valence-electron chi connectivity index (χ1n) is 11.1. The Hall–Kier alpha value is -2.84. The molecule has 0 bridgehead atoms. The Bertz CT molecular complexity index is 1120. The van der Waals surface area contributed by atoms with E-state index in [1.807, 2.05) is 29.0 Å². The van der Waals surface area contributed by atoms with E-state index in [-0.39, 0.29) is 11.8 Å². The van der Waals surface area contributed by atoms with Crippen LogP contribution in [-0.2, 0) is 11.5 Å². The summed E-state index contributed by atoms with van der Waals surface area (Å²) in [6.07, 6.45) is 2.50. The van der Waals surface area contributed by atoms with Gasteiger partial charge in [-0.15, -0.1) is 0 Å². The first-order valence-corrected chi connectivity index (χ1v) is 14.8. The zero-order valence-electron chi connectivity index (χ0n) is 18.9. The third kappa shape index (κ3) is 4.81.